The monoisotopic (exact) mass is 425 g/mol. The Morgan fingerprint density at radius 2 is 2.03 bits per heavy atom. The molecule has 31 heavy (non-hydrogen) atoms. The predicted octanol–water partition coefficient (Wildman–Crippen LogP) is 2.27. The molecule has 0 spiro atoms. The van der Waals surface area contributed by atoms with Gasteiger partial charge in [-0.2, -0.15) is 5.10 Å². The number of nitrogens with zero attached hydrogens (tertiary/aromatic N) is 3. The minimum absolute atomic E-state index is 0.0998. The molecule has 3 amide bonds. The standard InChI is InChI=1S/C23H31N5O3/c1-4-17(3)25-21(29)9-10-24-22(30)19-14-20-23(31)27(11-6-12-28(20)26-19)15-18-8-5-7-16(2)13-18/h5,7-8,13-14,17H,4,6,9-12,15H2,1-3H3,(H,24,30)(H,25,29)/t17-/m1/s1. The summed E-state index contributed by atoms with van der Waals surface area (Å²) in [4.78, 5) is 39.2. The fourth-order valence-electron chi connectivity index (χ4n) is 3.56. The molecule has 0 aliphatic carbocycles. The highest BCUT2D eigenvalue weighted by Crippen LogP contribution is 2.17. The van der Waals surface area contributed by atoms with E-state index in [0.717, 1.165) is 24.0 Å². The molecule has 2 heterocycles. The van der Waals surface area contributed by atoms with Crippen LogP contribution in [0.1, 0.15) is 65.2 Å². The van der Waals surface area contributed by atoms with Crippen LogP contribution in [0.4, 0.5) is 0 Å². The molecule has 0 fully saturated rings. The molecule has 0 saturated carbocycles. The van der Waals surface area contributed by atoms with Crippen LogP contribution in [-0.2, 0) is 17.9 Å². The number of nitrogens with one attached hydrogen (secondary N) is 2. The number of aryl methyl sites for hydroxylation is 2. The fraction of sp³-hybridized carbons (Fsp3) is 0.478. The molecule has 0 bridgehead atoms. The zero-order valence-electron chi connectivity index (χ0n) is 18.5. The van der Waals surface area contributed by atoms with E-state index in [2.05, 4.69) is 21.8 Å². The molecule has 2 N–H and O–H groups in total. The fourth-order valence-corrected chi connectivity index (χ4v) is 3.56. The molecular weight excluding hydrogens is 394 g/mol. The lowest BCUT2D eigenvalue weighted by atomic mass is 10.1. The van der Waals surface area contributed by atoms with E-state index < -0.39 is 0 Å². The van der Waals surface area contributed by atoms with Crippen molar-refractivity contribution in [3.8, 4) is 0 Å². The normalized spacial score (nSPS) is 14.5. The Morgan fingerprint density at radius 1 is 1.23 bits per heavy atom. The van der Waals surface area contributed by atoms with Crippen LogP contribution in [0.3, 0.4) is 0 Å². The minimum Gasteiger partial charge on any atom is -0.354 e. The lowest BCUT2D eigenvalue weighted by Gasteiger charge is -2.20. The first-order chi connectivity index (χ1) is 14.9. The number of amides is 3. The Bertz CT molecular complexity index is 952. The number of fused-ring (bicyclic) bond motifs is 1. The highest BCUT2D eigenvalue weighted by molar-refractivity contribution is 5.98. The quantitative estimate of drug-likeness (QED) is 0.678. The molecule has 1 atom stereocenters. The molecule has 0 radical (unpaired) electrons. The zero-order chi connectivity index (χ0) is 22.4. The molecule has 3 rings (SSSR count). The van der Waals surface area contributed by atoms with E-state index in [9.17, 15) is 14.4 Å². The lowest BCUT2D eigenvalue weighted by molar-refractivity contribution is -0.121. The topological polar surface area (TPSA) is 96.3 Å². The number of hydrogen-bond acceptors (Lipinski definition) is 4. The molecule has 1 aliphatic rings. The van der Waals surface area contributed by atoms with E-state index in [-0.39, 0.29) is 42.4 Å². The summed E-state index contributed by atoms with van der Waals surface area (Å²) >= 11 is 0. The van der Waals surface area contributed by atoms with Crippen LogP contribution in [0.2, 0.25) is 0 Å². The first-order valence-corrected chi connectivity index (χ1v) is 10.9. The van der Waals surface area contributed by atoms with Crippen LogP contribution >= 0.6 is 0 Å². The summed E-state index contributed by atoms with van der Waals surface area (Å²) < 4.78 is 1.61. The Kier molecular flexibility index (Phi) is 7.44. The summed E-state index contributed by atoms with van der Waals surface area (Å²) in [6.07, 6.45) is 1.82. The van der Waals surface area contributed by atoms with Crippen LogP contribution in [0, 0.1) is 6.92 Å². The van der Waals surface area contributed by atoms with E-state index in [4.69, 9.17) is 0 Å². The maximum absolute atomic E-state index is 13.1. The molecule has 0 saturated heterocycles. The third kappa shape index (κ3) is 5.93. The highest BCUT2D eigenvalue weighted by Gasteiger charge is 2.26. The van der Waals surface area contributed by atoms with E-state index >= 15 is 0 Å². The van der Waals surface area contributed by atoms with Crippen molar-refractivity contribution in [1.29, 1.82) is 0 Å². The largest absolute Gasteiger partial charge is 0.354 e. The Balaban J connectivity index is 1.61. The first-order valence-electron chi connectivity index (χ1n) is 10.9. The van der Waals surface area contributed by atoms with Crippen molar-refractivity contribution >= 4 is 17.7 Å². The molecule has 166 valence electrons. The second-order valence-corrected chi connectivity index (χ2v) is 8.09. The Hall–Kier alpha value is -3.16. The maximum Gasteiger partial charge on any atom is 0.272 e. The summed E-state index contributed by atoms with van der Waals surface area (Å²) in [6, 6.07) is 9.77. The molecule has 8 heteroatoms. The van der Waals surface area contributed by atoms with Gasteiger partial charge in [-0.25, -0.2) is 0 Å². The number of carbonyl (C=O) groups is 3. The summed E-state index contributed by atoms with van der Waals surface area (Å²) in [5.74, 6) is -0.606. The second kappa shape index (κ2) is 10.2. The van der Waals surface area contributed by atoms with E-state index in [0.29, 0.717) is 25.3 Å². The lowest BCUT2D eigenvalue weighted by Crippen LogP contribution is -2.35. The SMILES string of the molecule is CC[C@@H](C)NC(=O)CCNC(=O)c1cc2n(n1)CCCN(Cc1cccc(C)c1)C2=O. The number of aromatic nitrogens is 2. The Morgan fingerprint density at radius 3 is 2.77 bits per heavy atom. The summed E-state index contributed by atoms with van der Waals surface area (Å²) in [5, 5.41) is 9.91. The molecule has 1 aromatic carbocycles. The van der Waals surface area contributed by atoms with Crippen molar-refractivity contribution in [2.75, 3.05) is 13.1 Å². The van der Waals surface area contributed by atoms with Crippen molar-refractivity contribution in [2.45, 2.75) is 59.2 Å². The van der Waals surface area contributed by atoms with Crippen LogP contribution in [-0.4, -0.2) is 51.5 Å². The van der Waals surface area contributed by atoms with Gasteiger partial charge in [-0.3, -0.25) is 19.1 Å². The zero-order valence-corrected chi connectivity index (χ0v) is 18.5. The maximum atomic E-state index is 13.1. The highest BCUT2D eigenvalue weighted by atomic mass is 16.2. The van der Waals surface area contributed by atoms with Crippen LogP contribution < -0.4 is 10.6 Å². The van der Waals surface area contributed by atoms with Gasteiger partial charge in [0.15, 0.2) is 5.69 Å². The van der Waals surface area contributed by atoms with Crippen LogP contribution in [0.25, 0.3) is 0 Å². The molecule has 8 nitrogen and oxygen atoms in total. The van der Waals surface area contributed by atoms with E-state index in [1.54, 1.807) is 15.6 Å². The molecule has 0 unspecified atom stereocenters. The van der Waals surface area contributed by atoms with Gasteiger partial charge in [0.05, 0.1) is 0 Å². The van der Waals surface area contributed by atoms with Gasteiger partial charge in [0.2, 0.25) is 5.91 Å². The van der Waals surface area contributed by atoms with Gasteiger partial charge in [-0.05, 0) is 32.3 Å². The van der Waals surface area contributed by atoms with Gasteiger partial charge in [0.25, 0.3) is 11.8 Å². The third-order valence-corrected chi connectivity index (χ3v) is 5.43. The summed E-state index contributed by atoms with van der Waals surface area (Å²) in [7, 11) is 0. The molecule has 1 aromatic heterocycles. The van der Waals surface area contributed by atoms with Gasteiger partial charge in [0, 0.05) is 44.7 Å². The average molecular weight is 426 g/mol. The van der Waals surface area contributed by atoms with Crippen LogP contribution in [0.5, 0.6) is 0 Å². The second-order valence-electron chi connectivity index (χ2n) is 8.09. The van der Waals surface area contributed by atoms with Gasteiger partial charge in [-0.15, -0.1) is 0 Å². The number of benzene rings is 1. The molecular formula is C23H31N5O3. The van der Waals surface area contributed by atoms with Crippen LogP contribution in [0.15, 0.2) is 30.3 Å². The van der Waals surface area contributed by atoms with Gasteiger partial charge < -0.3 is 15.5 Å². The van der Waals surface area contributed by atoms with Crippen molar-refractivity contribution in [2.24, 2.45) is 0 Å². The van der Waals surface area contributed by atoms with Gasteiger partial charge in [0.1, 0.15) is 5.69 Å². The smallest absolute Gasteiger partial charge is 0.272 e. The van der Waals surface area contributed by atoms with E-state index in [1.807, 2.05) is 39.0 Å². The van der Waals surface area contributed by atoms with Crippen molar-refractivity contribution in [3.63, 3.8) is 0 Å². The average Bonchev–Trinajstić information content (AvgIpc) is 3.11. The van der Waals surface area contributed by atoms with Crippen molar-refractivity contribution in [1.82, 2.24) is 25.3 Å². The van der Waals surface area contributed by atoms with Crippen molar-refractivity contribution < 1.29 is 14.4 Å². The summed E-state index contributed by atoms with van der Waals surface area (Å²) in [6.45, 7) is 7.93. The predicted molar refractivity (Wildman–Crippen MR) is 118 cm³/mol. The first kappa shape index (κ1) is 22.5. The van der Waals surface area contributed by atoms with Gasteiger partial charge >= 0.3 is 0 Å². The van der Waals surface area contributed by atoms with Gasteiger partial charge in [-0.1, -0.05) is 36.8 Å². The Labute approximate surface area is 183 Å². The summed E-state index contributed by atoms with van der Waals surface area (Å²) in [5.41, 5.74) is 2.85. The number of carbonyl (C=O) groups excluding carboxylic acids is 3. The number of hydrogen-bond donors (Lipinski definition) is 2. The van der Waals surface area contributed by atoms with E-state index in [1.165, 1.54) is 0 Å². The number of rotatable bonds is 8. The van der Waals surface area contributed by atoms with Crippen molar-refractivity contribution in [3.05, 3.63) is 52.8 Å². The molecule has 1 aliphatic heterocycles. The minimum atomic E-state index is -0.380. The third-order valence-electron chi connectivity index (χ3n) is 5.43. The molecule has 2 aromatic rings.